The van der Waals surface area contributed by atoms with Gasteiger partial charge in [0, 0.05) is 32.3 Å². The maximum absolute atomic E-state index is 5.46. The van der Waals surface area contributed by atoms with Gasteiger partial charge < -0.3 is 15.4 Å². The lowest BCUT2D eigenvalue weighted by Gasteiger charge is -2.42. The molecule has 2 rings (SSSR count). The topological polar surface area (TPSA) is 33.3 Å². The third-order valence-corrected chi connectivity index (χ3v) is 4.61. The first-order valence-electron chi connectivity index (χ1n) is 7.04. The third-order valence-electron chi connectivity index (χ3n) is 4.61. The largest absolute Gasteiger partial charge is 0.381 e. The lowest BCUT2D eigenvalue weighted by Crippen LogP contribution is -2.55. The molecule has 0 bridgehead atoms. The van der Waals surface area contributed by atoms with E-state index in [1.54, 1.807) is 0 Å². The van der Waals surface area contributed by atoms with Crippen molar-refractivity contribution in [2.45, 2.75) is 46.1 Å². The molecule has 0 aromatic rings. The van der Waals surface area contributed by atoms with E-state index in [4.69, 9.17) is 4.74 Å². The van der Waals surface area contributed by atoms with Crippen LogP contribution in [0.2, 0.25) is 0 Å². The van der Waals surface area contributed by atoms with E-state index in [-0.39, 0.29) is 0 Å². The Morgan fingerprint density at radius 1 is 1.24 bits per heavy atom. The van der Waals surface area contributed by atoms with Crippen molar-refractivity contribution in [3.05, 3.63) is 0 Å². The van der Waals surface area contributed by atoms with E-state index in [2.05, 4.69) is 31.4 Å². The zero-order valence-corrected chi connectivity index (χ0v) is 11.6. The van der Waals surface area contributed by atoms with Crippen LogP contribution in [0.4, 0.5) is 0 Å². The van der Waals surface area contributed by atoms with E-state index in [0.717, 1.165) is 32.8 Å². The van der Waals surface area contributed by atoms with Crippen LogP contribution in [0.5, 0.6) is 0 Å². The molecule has 3 heteroatoms. The van der Waals surface area contributed by atoms with Crippen LogP contribution in [0, 0.1) is 10.8 Å². The summed E-state index contributed by atoms with van der Waals surface area (Å²) in [6, 6.07) is 0.656. The highest BCUT2D eigenvalue weighted by molar-refractivity contribution is 4.92. The van der Waals surface area contributed by atoms with E-state index < -0.39 is 0 Å². The van der Waals surface area contributed by atoms with Crippen LogP contribution in [0.1, 0.15) is 40.0 Å². The van der Waals surface area contributed by atoms with Gasteiger partial charge in [0.2, 0.25) is 0 Å². The quantitative estimate of drug-likeness (QED) is 0.789. The van der Waals surface area contributed by atoms with Gasteiger partial charge >= 0.3 is 0 Å². The van der Waals surface area contributed by atoms with Crippen molar-refractivity contribution in [1.29, 1.82) is 0 Å². The SMILES string of the molecule is CC1(CNC2CCNCC2(C)C)CCOCC1. The monoisotopic (exact) mass is 240 g/mol. The molecule has 2 aliphatic rings. The van der Waals surface area contributed by atoms with Crippen LogP contribution in [0.3, 0.4) is 0 Å². The van der Waals surface area contributed by atoms with Crippen molar-refractivity contribution < 1.29 is 4.74 Å². The van der Waals surface area contributed by atoms with Gasteiger partial charge in [0.05, 0.1) is 0 Å². The molecular weight excluding hydrogens is 212 g/mol. The molecule has 2 N–H and O–H groups in total. The summed E-state index contributed by atoms with van der Waals surface area (Å²) in [5.41, 5.74) is 0.818. The minimum Gasteiger partial charge on any atom is -0.381 e. The molecule has 0 aromatic carbocycles. The van der Waals surface area contributed by atoms with E-state index in [9.17, 15) is 0 Å². The average molecular weight is 240 g/mol. The van der Waals surface area contributed by atoms with Crippen molar-refractivity contribution >= 4 is 0 Å². The summed E-state index contributed by atoms with van der Waals surface area (Å²) >= 11 is 0. The molecule has 100 valence electrons. The second-order valence-electron chi connectivity index (χ2n) is 6.81. The first-order valence-corrected chi connectivity index (χ1v) is 7.04. The maximum Gasteiger partial charge on any atom is 0.0471 e. The van der Waals surface area contributed by atoms with Gasteiger partial charge in [-0.15, -0.1) is 0 Å². The van der Waals surface area contributed by atoms with Gasteiger partial charge in [0.1, 0.15) is 0 Å². The Hall–Kier alpha value is -0.120. The van der Waals surface area contributed by atoms with Crippen LogP contribution in [0.25, 0.3) is 0 Å². The molecule has 3 nitrogen and oxygen atoms in total. The van der Waals surface area contributed by atoms with Crippen LogP contribution in [0.15, 0.2) is 0 Å². The second kappa shape index (κ2) is 5.25. The number of rotatable bonds is 3. The summed E-state index contributed by atoms with van der Waals surface area (Å²) in [5.74, 6) is 0. The number of nitrogens with one attached hydrogen (secondary N) is 2. The molecule has 0 spiro atoms. The Labute approximate surface area is 106 Å². The molecule has 2 heterocycles. The highest BCUT2D eigenvalue weighted by Gasteiger charge is 2.34. The van der Waals surface area contributed by atoms with E-state index in [0.29, 0.717) is 16.9 Å². The molecule has 1 unspecified atom stereocenters. The summed E-state index contributed by atoms with van der Waals surface area (Å²) in [6.45, 7) is 12.4. The van der Waals surface area contributed by atoms with Crippen molar-refractivity contribution in [1.82, 2.24) is 10.6 Å². The third kappa shape index (κ3) is 3.43. The molecular formula is C14H28N2O. The van der Waals surface area contributed by atoms with Crippen molar-refractivity contribution in [3.8, 4) is 0 Å². The Bertz CT molecular complexity index is 247. The molecule has 0 saturated carbocycles. The van der Waals surface area contributed by atoms with Crippen LogP contribution >= 0.6 is 0 Å². The molecule has 0 amide bonds. The Kier molecular flexibility index (Phi) is 4.11. The number of hydrogen-bond acceptors (Lipinski definition) is 3. The lowest BCUT2D eigenvalue weighted by molar-refractivity contribution is 0.0194. The minimum absolute atomic E-state index is 0.375. The van der Waals surface area contributed by atoms with Gasteiger partial charge in [-0.3, -0.25) is 0 Å². The van der Waals surface area contributed by atoms with Gasteiger partial charge in [0.15, 0.2) is 0 Å². The molecule has 0 aromatic heterocycles. The number of ether oxygens (including phenoxy) is 1. The van der Waals surface area contributed by atoms with Crippen LogP contribution < -0.4 is 10.6 Å². The smallest absolute Gasteiger partial charge is 0.0471 e. The van der Waals surface area contributed by atoms with Crippen molar-refractivity contribution in [2.75, 3.05) is 32.8 Å². The standard InChI is InChI=1S/C14H28N2O/c1-13(2)10-15-7-4-12(13)16-11-14(3)5-8-17-9-6-14/h12,15-16H,4-11H2,1-3H3. The summed E-state index contributed by atoms with van der Waals surface area (Å²) in [6.07, 6.45) is 3.65. The first kappa shape index (κ1) is 13.3. The minimum atomic E-state index is 0.375. The Morgan fingerprint density at radius 3 is 2.59 bits per heavy atom. The van der Waals surface area contributed by atoms with Gasteiger partial charge in [-0.2, -0.15) is 0 Å². The van der Waals surface area contributed by atoms with E-state index >= 15 is 0 Å². The lowest BCUT2D eigenvalue weighted by atomic mass is 9.78. The fourth-order valence-corrected chi connectivity index (χ4v) is 2.96. The molecule has 1 atom stereocenters. The van der Waals surface area contributed by atoms with Gasteiger partial charge in [-0.05, 0) is 36.6 Å². The normalized spacial score (nSPS) is 32.3. The maximum atomic E-state index is 5.46. The second-order valence-corrected chi connectivity index (χ2v) is 6.81. The Morgan fingerprint density at radius 2 is 1.94 bits per heavy atom. The van der Waals surface area contributed by atoms with E-state index in [1.165, 1.54) is 19.3 Å². The zero-order valence-electron chi connectivity index (χ0n) is 11.6. The Balaban J connectivity index is 1.84. The highest BCUT2D eigenvalue weighted by Crippen LogP contribution is 2.31. The first-order chi connectivity index (χ1) is 8.02. The number of hydrogen-bond donors (Lipinski definition) is 2. The van der Waals surface area contributed by atoms with E-state index in [1.807, 2.05) is 0 Å². The molecule has 0 aliphatic carbocycles. The predicted molar refractivity (Wildman–Crippen MR) is 71.2 cm³/mol. The molecule has 0 radical (unpaired) electrons. The number of piperidine rings is 1. The summed E-state index contributed by atoms with van der Waals surface area (Å²) < 4.78 is 5.46. The fourth-order valence-electron chi connectivity index (χ4n) is 2.96. The van der Waals surface area contributed by atoms with Gasteiger partial charge in [-0.1, -0.05) is 20.8 Å². The zero-order chi connectivity index (χ0) is 12.4. The van der Waals surface area contributed by atoms with Gasteiger partial charge in [0.25, 0.3) is 0 Å². The molecule has 17 heavy (non-hydrogen) atoms. The fraction of sp³-hybridized carbons (Fsp3) is 1.00. The van der Waals surface area contributed by atoms with Crippen LogP contribution in [-0.4, -0.2) is 38.9 Å². The molecule has 2 aliphatic heterocycles. The summed E-state index contributed by atoms with van der Waals surface area (Å²) in [5, 5.41) is 7.32. The van der Waals surface area contributed by atoms with Gasteiger partial charge in [-0.25, -0.2) is 0 Å². The van der Waals surface area contributed by atoms with Crippen molar-refractivity contribution in [3.63, 3.8) is 0 Å². The predicted octanol–water partition coefficient (Wildman–Crippen LogP) is 1.78. The van der Waals surface area contributed by atoms with Crippen molar-refractivity contribution in [2.24, 2.45) is 10.8 Å². The molecule has 2 saturated heterocycles. The van der Waals surface area contributed by atoms with Crippen LogP contribution in [-0.2, 0) is 4.74 Å². The summed E-state index contributed by atoms with van der Waals surface area (Å²) in [4.78, 5) is 0. The summed E-state index contributed by atoms with van der Waals surface area (Å²) in [7, 11) is 0. The molecule has 2 fully saturated rings. The highest BCUT2D eigenvalue weighted by atomic mass is 16.5. The average Bonchev–Trinajstić information content (AvgIpc) is 2.28.